The lowest BCUT2D eigenvalue weighted by atomic mass is 9.86. The molecule has 0 saturated heterocycles. The average Bonchev–Trinajstić information content (AvgIpc) is 3.31. The Labute approximate surface area is 204 Å². The number of nitrogens with zero attached hydrogens (tertiary/aromatic N) is 1. The number of aromatic nitrogens is 1. The van der Waals surface area contributed by atoms with E-state index in [9.17, 15) is 14.0 Å². The number of anilines is 1. The van der Waals surface area contributed by atoms with E-state index in [0.717, 1.165) is 61.9 Å². The van der Waals surface area contributed by atoms with Crippen molar-refractivity contribution in [2.45, 2.75) is 47.0 Å². The second-order valence-corrected chi connectivity index (χ2v) is 8.63. The minimum atomic E-state index is -0.833. The number of hydrogen-bond donors (Lipinski definition) is 4. The molecule has 35 heavy (non-hydrogen) atoms. The van der Waals surface area contributed by atoms with Crippen LogP contribution in [0.1, 0.15) is 66.5 Å². The number of nitrogens with one attached hydrogen (secondary N) is 3. The lowest BCUT2D eigenvalue weighted by Crippen LogP contribution is -2.35. The highest BCUT2D eigenvalue weighted by Crippen LogP contribution is 2.43. The molecule has 4 rings (SSSR count). The van der Waals surface area contributed by atoms with Crippen molar-refractivity contribution in [3.8, 4) is 0 Å². The van der Waals surface area contributed by atoms with E-state index in [0.29, 0.717) is 35.4 Å². The van der Waals surface area contributed by atoms with E-state index < -0.39 is 5.97 Å². The molecule has 1 aromatic heterocycles. The van der Waals surface area contributed by atoms with E-state index in [1.165, 1.54) is 12.1 Å². The maximum Gasteiger partial charge on any atom is 0.300 e. The maximum atomic E-state index is 13.9. The van der Waals surface area contributed by atoms with Crippen LogP contribution in [0.2, 0.25) is 0 Å². The molecule has 188 valence electrons. The van der Waals surface area contributed by atoms with Crippen molar-refractivity contribution in [2.75, 3.05) is 31.5 Å². The Bertz CT molecular complexity index is 1160. The summed E-state index contributed by atoms with van der Waals surface area (Å²) in [6.45, 7) is 10.5. The minimum absolute atomic E-state index is 0.0873. The number of fused-ring (bicyclic) bond motifs is 2. The number of H-pyrrole nitrogens is 1. The van der Waals surface area contributed by atoms with Gasteiger partial charge in [-0.1, -0.05) is 13.8 Å². The van der Waals surface area contributed by atoms with Crippen molar-refractivity contribution in [1.29, 1.82) is 0 Å². The number of likely N-dealkylation sites (N-methyl/N-ethyl adjacent to an activating group) is 1. The quantitative estimate of drug-likeness (QED) is 0.466. The number of aromatic amines is 1. The molecule has 1 aromatic carbocycles. The Kier molecular flexibility index (Phi) is 8.45. The Morgan fingerprint density at radius 1 is 1.20 bits per heavy atom. The fraction of sp³-hybridized carbons (Fsp3) is 0.423. The van der Waals surface area contributed by atoms with Gasteiger partial charge >= 0.3 is 0 Å². The zero-order valence-electron chi connectivity index (χ0n) is 20.7. The molecule has 0 bridgehead atoms. The summed E-state index contributed by atoms with van der Waals surface area (Å²) in [5.41, 5.74) is 5.82. The van der Waals surface area contributed by atoms with Gasteiger partial charge in [-0.15, -0.1) is 0 Å². The average molecular weight is 485 g/mol. The Balaban J connectivity index is 0.000000795. The number of amides is 2. The van der Waals surface area contributed by atoms with Crippen LogP contribution in [-0.2, 0) is 16.0 Å². The van der Waals surface area contributed by atoms with Gasteiger partial charge in [-0.3, -0.25) is 14.4 Å². The van der Waals surface area contributed by atoms with Crippen LogP contribution in [0.5, 0.6) is 0 Å². The van der Waals surface area contributed by atoms with Crippen LogP contribution in [0.25, 0.3) is 11.1 Å². The van der Waals surface area contributed by atoms with E-state index in [4.69, 9.17) is 9.90 Å². The number of aryl methyl sites for hydroxylation is 1. The largest absolute Gasteiger partial charge is 0.481 e. The van der Waals surface area contributed by atoms with Gasteiger partial charge in [0.15, 0.2) is 0 Å². The first-order valence-electron chi connectivity index (χ1n) is 11.9. The summed E-state index contributed by atoms with van der Waals surface area (Å²) >= 11 is 0. The van der Waals surface area contributed by atoms with Crippen LogP contribution in [0.15, 0.2) is 18.2 Å². The SMILES string of the molecule is CC(=O)O.CCN(CC)CCNC(=O)c1c(C)[nH]c2c1CCC/C2=C1/C(=O)Nc2ccc(F)cc21. The summed E-state index contributed by atoms with van der Waals surface area (Å²) in [6, 6.07) is 4.34. The molecule has 0 spiro atoms. The zero-order chi connectivity index (χ0) is 25.7. The molecular formula is C26H33FN4O4. The van der Waals surface area contributed by atoms with Gasteiger partial charge in [-0.25, -0.2) is 4.39 Å². The molecule has 0 atom stereocenters. The predicted octanol–water partition coefficient (Wildman–Crippen LogP) is 3.82. The Morgan fingerprint density at radius 3 is 2.54 bits per heavy atom. The second kappa shape index (κ2) is 11.3. The predicted molar refractivity (Wildman–Crippen MR) is 134 cm³/mol. The first kappa shape index (κ1) is 26.2. The molecule has 1 aliphatic carbocycles. The van der Waals surface area contributed by atoms with Gasteiger partial charge in [0.25, 0.3) is 17.8 Å². The number of hydrogen-bond acceptors (Lipinski definition) is 4. The Morgan fingerprint density at radius 2 is 1.89 bits per heavy atom. The van der Waals surface area contributed by atoms with Crippen molar-refractivity contribution < 1.29 is 23.9 Å². The third kappa shape index (κ3) is 5.79. The highest BCUT2D eigenvalue weighted by atomic mass is 19.1. The van der Waals surface area contributed by atoms with Gasteiger partial charge in [0.1, 0.15) is 5.82 Å². The third-order valence-corrected chi connectivity index (χ3v) is 6.31. The van der Waals surface area contributed by atoms with E-state index >= 15 is 0 Å². The molecule has 0 saturated carbocycles. The van der Waals surface area contributed by atoms with E-state index in [-0.39, 0.29) is 17.6 Å². The topological polar surface area (TPSA) is 115 Å². The highest BCUT2D eigenvalue weighted by molar-refractivity contribution is 6.36. The van der Waals surface area contributed by atoms with Gasteiger partial charge in [0.05, 0.1) is 11.1 Å². The maximum absolute atomic E-state index is 13.9. The zero-order valence-corrected chi connectivity index (χ0v) is 20.7. The van der Waals surface area contributed by atoms with Gasteiger partial charge in [0.2, 0.25) is 0 Å². The molecule has 2 aliphatic rings. The minimum Gasteiger partial charge on any atom is -0.481 e. The number of halogens is 1. The lowest BCUT2D eigenvalue weighted by molar-refractivity contribution is -0.134. The number of carboxylic acid groups (broad SMARTS) is 1. The number of allylic oxidation sites excluding steroid dienone is 1. The third-order valence-electron chi connectivity index (χ3n) is 6.31. The molecule has 0 unspecified atom stereocenters. The first-order chi connectivity index (χ1) is 16.7. The monoisotopic (exact) mass is 484 g/mol. The molecule has 0 fully saturated rings. The molecule has 8 nitrogen and oxygen atoms in total. The smallest absolute Gasteiger partial charge is 0.300 e. The van der Waals surface area contributed by atoms with Crippen LogP contribution < -0.4 is 10.6 Å². The summed E-state index contributed by atoms with van der Waals surface area (Å²) in [5.74, 6) is -1.52. The van der Waals surface area contributed by atoms with Crippen LogP contribution in [-0.4, -0.2) is 59.0 Å². The summed E-state index contributed by atoms with van der Waals surface area (Å²) in [7, 11) is 0. The van der Waals surface area contributed by atoms with Crippen molar-refractivity contribution in [1.82, 2.24) is 15.2 Å². The molecule has 9 heteroatoms. The molecule has 0 radical (unpaired) electrons. The number of rotatable bonds is 6. The van der Waals surface area contributed by atoms with Gasteiger partial charge < -0.3 is 25.6 Å². The van der Waals surface area contributed by atoms with Crippen molar-refractivity contribution >= 4 is 34.6 Å². The number of carbonyl (C=O) groups is 3. The van der Waals surface area contributed by atoms with E-state index in [2.05, 4.69) is 34.4 Å². The lowest BCUT2D eigenvalue weighted by Gasteiger charge is -2.19. The molecule has 2 amide bonds. The summed E-state index contributed by atoms with van der Waals surface area (Å²) < 4.78 is 13.9. The van der Waals surface area contributed by atoms with Crippen LogP contribution in [0.4, 0.5) is 10.1 Å². The number of aliphatic carboxylic acids is 1. The summed E-state index contributed by atoms with van der Waals surface area (Å²) in [6.07, 6.45) is 2.31. The standard InChI is InChI=1S/C24H29FN4O2.C2H4O2/c1-4-29(5-2)12-11-26-23(30)20-14(3)27-22-16(20)7-6-8-17(22)21-18-13-15(25)9-10-19(18)28-24(21)31;1-2(3)4/h9-10,13,27H,4-8,11-12H2,1-3H3,(H,26,30)(H,28,31);1H3,(H,3,4)/b21-17-;. The van der Waals surface area contributed by atoms with Crippen molar-refractivity contribution in [2.24, 2.45) is 0 Å². The highest BCUT2D eigenvalue weighted by Gasteiger charge is 2.33. The van der Waals surface area contributed by atoms with Gasteiger partial charge in [-0.05, 0) is 68.6 Å². The van der Waals surface area contributed by atoms with Gasteiger partial charge in [-0.2, -0.15) is 0 Å². The summed E-state index contributed by atoms with van der Waals surface area (Å²) in [4.78, 5) is 40.4. The van der Waals surface area contributed by atoms with Crippen molar-refractivity contribution in [3.63, 3.8) is 0 Å². The normalized spacial score (nSPS) is 16.2. The number of benzene rings is 1. The van der Waals surface area contributed by atoms with Crippen LogP contribution in [0, 0.1) is 12.7 Å². The molecule has 2 aromatic rings. The molecule has 2 heterocycles. The van der Waals surface area contributed by atoms with Crippen LogP contribution in [0.3, 0.4) is 0 Å². The molecule has 1 aliphatic heterocycles. The molecule has 4 N–H and O–H groups in total. The van der Waals surface area contributed by atoms with Gasteiger partial charge in [0, 0.05) is 42.7 Å². The van der Waals surface area contributed by atoms with E-state index in [1.807, 2.05) is 6.92 Å². The first-order valence-corrected chi connectivity index (χ1v) is 11.9. The number of carboxylic acids is 1. The fourth-order valence-electron chi connectivity index (χ4n) is 4.70. The Hall–Kier alpha value is -3.46. The van der Waals surface area contributed by atoms with Crippen molar-refractivity contribution in [3.05, 3.63) is 52.1 Å². The fourth-order valence-corrected chi connectivity index (χ4v) is 4.70. The van der Waals surface area contributed by atoms with E-state index in [1.54, 1.807) is 6.07 Å². The summed E-state index contributed by atoms with van der Waals surface area (Å²) in [5, 5.41) is 13.3. The second-order valence-electron chi connectivity index (χ2n) is 8.63. The molecular weight excluding hydrogens is 451 g/mol. The van der Waals surface area contributed by atoms with Crippen LogP contribution >= 0.6 is 0 Å². The number of carbonyl (C=O) groups excluding carboxylic acids is 2.